The van der Waals surface area contributed by atoms with Gasteiger partial charge in [0.05, 0.1) is 12.6 Å². The molecule has 1 aliphatic rings. The lowest BCUT2D eigenvalue weighted by molar-refractivity contribution is 0.0882. The average molecular weight is 255 g/mol. The molecule has 0 spiro atoms. The van der Waals surface area contributed by atoms with E-state index in [4.69, 9.17) is 9.57 Å². The van der Waals surface area contributed by atoms with E-state index in [2.05, 4.69) is 29.7 Å². The molecule has 0 amide bonds. The number of hydrogen-bond acceptors (Lipinski definition) is 3. The second-order valence-electron chi connectivity index (χ2n) is 4.65. The fourth-order valence-electron chi connectivity index (χ4n) is 2.19. The van der Waals surface area contributed by atoms with E-state index >= 15 is 0 Å². The molecule has 19 heavy (non-hydrogen) atoms. The third-order valence-electron chi connectivity index (χ3n) is 3.24. The Morgan fingerprint density at radius 3 is 2.79 bits per heavy atom. The second-order valence-corrected chi connectivity index (χ2v) is 4.65. The van der Waals surface area contributed by atoms with E-state index in [1.807, 2.05) is 30.3 Å². The van der Waals surface area contributed by atoms with Crippen molar-refractivity contribution in [3.05, 3.63) is 65.7 Å². The summed E-state index contributed by atoms with van der Waals surface area (Å²) in [6.45, 7) is 1.36. The first-order valence-electron chi connectivity index (χ1n) is 6.56. The van der Waals surface area contributed by atoms with Crippen LogP contribution in [0.25, 0.3) is 0 Å². The van der Waals surface area contributed by atoms with E-state index in [1.165, 1.54) is 11.1 Å². The van der Waals surface area contributed by atoms with E-state index in [1.54, 1.807) is 0 Å². The van der Waals surface area contributed by atoms with Crippen molar-refractivity contribution in [3.63, 3.8) is 0 Å². The zero-order valence-electron chi connectivity index (χ0n) is 10.7. The highest BCUT2D eigenvalue weighted by molar-refractivity contribution is 5.31. The summed E-state index contributed by atoms with van der Waals surface area (Å²) in [5, 5.41) is 0. The summed E-state index contributed by atoms with van der Waals surface area (Å²) in [6, 6.07) is 18.7. The Labute approximate surface area is 113 Å². The third kappa shape index (κ3) is 3.13. The Morgan fingerprint density at radius 1 is 1.11 bits per heavy atom. The highest BCUT2D eigenvalue weighted by atomic mass is 16.7. The molecule has 1 atom stereocenters. The van der Waals surface area contributed by atoms with E-state index < -0.39 is 0 Å². The average Bonchev–Trinajstić information content (AvgIpc) is 3.01. The van der Waals surface area contributed by atoms with Gasteiger partial charge in [0, 0.05) is 0 Å². The summed E-state index contributed by atoms with van der Waals surface area (Å²) in [5.41, 5.74) is 5.41. The van der Waals surface area contributed by atoms with Gasteiger partial charge in [-0.3, -0.25) is 0 Å². The van der Waals surface area contributed by atoms with E-state index in [0.717, 1.165) is 18.8 Å². The Kier molecular flexibility index (Phi) is 3.77. The number of nitrogens with one attached hydrogen (secondary N) is 1. The molecule has 2 aromatic rings. The van der Waals surface area contributed by atoms with Crippen molar-refractivity contribution in [3.8, 4) is 5.75 Å². The van der Waals surface area contributed by atoms with Crippen LogP contribution >= 0.6 is 0 Å². The number of ether oxygens (including phenoxy) is 1. The smallest absolute Gasteiger partial charge is 0.120 e. The standard InChI is InChI=1S/C16H17NO2/c1-2-5-13(6-3-1)12-18-15-8-4-7-14(11-15)16-9-10-19-17-16/h1-8,11,16-17H,9-10,12H2/t16-/m1/s1. The summed E-state index contributed by atoms with van der Waals surface area (Å²) >= 11 is 0. The molecular weight excluding hydrogens is 238 g/mol. The van der Waals surface area contributed by atoms with Gasteiger partial charge < -0.3 is 9.57 Å². The minimum Gasteiger partial charge on any atom is -0.489 e. The van der Waals surface area contributed by atoms with Crippen LogP contribution in [0.3, 0.4) is 0 Å². The highest BCUT2D eigenvalue weighted by Crippen LogP contribution is 2.24. The van der Waals surface area contributed by atoms with Gasteiger partial charge in [-0.05, 0) is 29.7 Å². The van der Waals surface area contributed by atoms with Crippen molar-refractivity contribution in [2.45, 2.75) is 19.1 Å². The summed E-state index contributed by atoms with van der Waals surface area (Å²) in [4.78, 5) is 5.19. The molecule has 98 valence electrons. The van der Waals surface area contributed by atoms with Crippen molar-refractivity contribution in [2.75, 3.05) is 6.61 Å². The van der Waals surface area contributed by atoms with Crippen molar-refractivity contribution in [1.29, 1.82) is 0 Å². The molecule has 0 radical (unpaired) electrons. The van der Waals surface area contributed by atoms with Gasteiger partial charge in [-0.2, -0.15) is 5.48 Å². The Morgan fingerprint density at radius 2 is 2.00 bits per heavy atom. The monoisotopic (exact) mass is 255 g/mol. The van der Waals surface area contributed by atoms with Gasteiger partial charge in [-0.1, -0.05) is 42.5 Å². The lowest BCUT2D eigenvalue weighted by atomic mass is 10.1. The molecular formula is C16H17NO2. The SMILES string of the molecule is c1ccc(COc2cccc([C@H]3CCON3)c2)cc1. The largest absolute Gasteiger partial charge is 0.489 e. The predicted molar refractivity (Wildman–Crippen MR) is 73.7 cm³/mol. The van der Waals surface area contributed by atoms with Gasteiger partial charge in [0.2, 0.25) is 0 Å². The lowest BCUT2D eigenvalue weighted by Gasteiger charge is -2.11. The molecule has 3 nitrogen and oxygen atoms in total. The van der Waals surface area contributed by atoms with E-state index in [0.29, 0.717) is 6.61 Å². The summed E-state index contributed by atoms with van der Waals surface area (Å²) in [6.07, 6.45) is 1.00. The topological polar surface area (TPSA) is 30.5 Å². The van der Waals surface area contributed by atoms with Gasteiger partial charge in [-0.25, -0.2) is 0 Å². The molecule has 3 rings (SSSR count). The zero-order chi connectivity index (χ0) is 12.9. The summed E-state index contributed by atoms with van der Waals surface area (Å²) < 4.78 is 5.82. The van der Waals surface area contributed by atoms with Gasteiger partial charge in [0.25, 0.3) is 0 Å². The molecule has 1 fully saturated rings. The van der Waals surface area contributed by atoms with E-state index in [-0.39, 0.29) is 6.04 Å². The quantitative estimate of drug-likeness (QED) is 0.909. The fourth-order valence-corrected chi connectivity index (χ4v) is 2.19. The van der Waals surface area contributed by atoms with Gasteiger partial charge in [0.15, 0.2) is 0 Å². The first-order chi connectivity index (χ1) is 9.42. The van der Waals surface area contributed by atoms with Crippen LogP contribution < -0.4 is 10.2 Å². The molecule has 0 bridgehead atoms. The molecule has 0 aromatic heterocycles. The molecule has 3 heteroatoms. The molecule has 0 saturated carbocycles. The Balaban J connectivity index is 1.66. The number of hydrogen-bond donors (Lipinski definition) is 1. The summed E-state index contributed by atoms with van der Waals surface area (Å²) in [5.74, 6) is 0.898. The van der Waals surface area contributed by atoms with Crippen LogP contribution in [-0.2, 0) is 11.4 Å². The van der Waals surface area contributed by atoms with Crippen molar-refractivity contribution < 1.29 is 9.57 Å². The minimum atomic E-state index is 0.278. The van der Waals surface area contributed by atoms with E-state index in [9.17, 15) is 0 Å². The molecule has 1 saturated heterocycles. The molecule has 1 aliphatic heterocycles. The maximum absolute atomic E-state index is 5.82. The first kappa shape index (κ1) is 12.2. The maximum Gasteiger partial charge on any atom is 0.120 e. The first-order valence-corrected chi connectivity index (χ1v) is 6.56. The van der Waals surface area contributed by atoms with Crippen LogP contribution in [0.1, 0.15) is 23.6 Å². The van der Waals surface area contributed by atoms with Crippen LogP contribution in [0.15, 0.2) is 54.6 Å². The molecule has 0 unspecified atom stereocenters. The zero-order valence-corrected chi connectivity index (χ0v) is 10.7. The third-order valence-corrected chi connectivity index (χ3v) is 3.24. The van der Waals surface area contributed by atoms with Crippen molar-refractivity contribution in [1.82, 2.24) is 5.48 Å². The number of benzene rings is 2. The van der Waals surface area contributed by atoms with Crippen LogP contribution in [-0.4, -0.2) is 6.61 Å². The van der Waals surface area contributed by atoms with Crippen LogP contribution in [0.5, 0.6) is 5.75 Å². The fraction of sp³-hybridized carbons (Fsp3) is 0.250. The molecule has 2 aromatic carbocycles. The minimum absolute atomic E-state index is 0.278. The van der Waals surface area contributed by atoms with Crippen LogP contribution in [0.4, 0.5) is 0 Å². The lowest BCUT2D eigenvalue weighted by Crippen LogP contribution is -2.11. The molecule has 1 N–H and O–H groups in total. The maximum atomic E-state index is 5.82. The normalized spacial score (nSPS) is 18.4. The Hall–Kier alpha value is -1.84. The van der Waals surface area contributed by atoms with Gasteiger partial charge >= 0.3 is 0 Å². The molecule has 0 aliphatic carbocycles. The Bertz CT molecular complexity index is 521. The van der Waals surface area contributed by atoms with Crippen LogP contribution in [0.2, 0.25) is 0 Å². The van der Waals surface area contributed by atoms with Gasteiger partial charge in [-0.15, -0.1) is 0 Å². The van der Waals surface area contributed by atoms with Crippen molar-refractivity contribution in [2.24, 2.45) is 0 Å². The van der Waals surface area contributed by atoms with Gasteiger partial charge in [0.1, 0.15) is 12.4 Å². The molecule has 1 heterocycles. The summed E-state index contributed by atoms with van der Waals surface area (Å²) in [7, 11) is 0. The van der Waals surface area contributed by atoms with Crippen LogP contribution in [0, 0.1) is 0 Å². The second kappa shape index (κ2) is 5.87. The van der Waals surface area contributed by atoms with Crippen molar-refractivity contribution >= 4 is 0 Å². The number of rotatable bonds is 4. The predicted octanol–water partition coefficient (Wildman–Crippen LogP) is 3.23. The highest BCUT2D eigenvalue weighted by Gasteiger charge is 2.17. The number of hydroxylamine groups is 1.